The summed E-state index contributed by atoms with van der Waals surface area (Å²) >= 11 is 0. The Morgan fingerprint density at radius 3 is 2.52 bits per heavy atom. The van der Waals surface area contributed by atoms with E-state index in [2.05, 4.69) is 5.32 Å². The summed E-state index contributed by atoms with van der Waals surface area (Å²) in [4.78, 5) is 12.1. The van der Waals surface area contributed by atoms with E-state index in [-0.39, 0.29) is 18.3 Å². The maximum absolute atomic E-state index is 12.8. The Morgan fingerprint density at radius 2 is 1.91 bits per heavy atom. The molecule has 1 atom stereocenters. The molecule has 0 spiro atoms. The van der Waals surface area contributed by atoms with Crippen molar-refractivity contribution >= 4 is 11.6 Å². The highest BCUT2D eigenvalue weighted by Crippen LogP contribution is 2.29. The van der Waals surface area contributed by atoms with Crippen molar-refractivity contribution in [1.29, 1.82) is 0 Å². The number of ether oxygens (including phenoxy) is 2. The number of benzene rings is 2. The van der Waals surface area contributed by atoms with Crippen LogP contribution in [0.25, 0.3) is 0 Å². The van der Waals surface area contributed by atoms with Gasteiger partial charge in [0.25, 0.3) is 5.91 Å². The standard InChI is InChI=1S/C17H18FNO4/c1-11(17(21)19-14-6-4-13(18)5-7-14)23-15-8-3-12(10-20)9-16(15)22-2/h3-9,11,20H,10H2,1-2H3,(H,19,21)/t11-/m1/s1. The largest absolute Gasteiger partial charge is 0.493 e. The maximum atomic E-state index is 12.8. The second-order valence-electron chi connectivity index (χ2n) is 4.90. The number of anilines is 1. The van der Waals surface area contributed by atoms with Crippen LogP contribution in [0.15, 0.2) is 42.5 Å². The third kappa shape index (κ3) is 4.43. The summed E-state index contributed by atoms with van der Waals surface area (Å²) in [5, 5.41) is 11.8. The van der Waals surface area contributed by atoms with Gasteiger partial charge in [-0.05, 0) is 48.9 Å². The van der Waals surface area contributed by atoms with Crippen molar-refractivity contribution in [1.82, 2.24) is 0 Å². The monoisotopic (exact) mass is 319 g/mol. The van der Waals surface area contributed by atoms with E-state index in [1.165, 1.54) is 31.4 Å². The van der Waals surface area contributed by atoms with E-state index in [9.17, 15) is 9.18 Å². The molecule has 0 radical (unpaired) electrons. The molecule has 2 aromatic rings. The Hall–Kier alpha value is -2.60. The van der Waals surface area contributed by atoms with E-state index in [1.807, 2.05) is 0 Å². The summed E-state index contributed by atoms with van der Waals surface area (Å²) in [6, 6.07) is 10.4. The minimum atomic E-state index is -0.783. The van der Waals surface area contributed by atoms with E-state index in [0.717, 1.165) is 0 Å². The van der Waals surface area contributed by atoms with Gasteiger partial charge < -0.3 is 19.9 Å². The van der Waals surface area contributed by atoms with Gasteiger partial charge in [-0.3, -0.25) is 4.79 Å². The Kier molecular flexibility index (Phi) is 5.54. The van der Waals surface area contributed by atoms with Gasteiger partial charge in [0.1, 0.15) is 5.82 Å². The molecule has 0 heterocycles. The summed E-state index contributed by atoms with van der Waals surface area (Å²) in [5.74, 6) is 0.0790. The Bertz CT molecular complexity index is 673. The van der Waals surface area contributed by atoms with Crippen molar-refractivity contribution in [2.24, 2.45) is 0 Å². The SMILES string of the molecule is COc1cc(CO)ccc1O[C@H](C)C(=O)Nc1ccc(F)cc1. The van der Waals surface area contributed by atoms with Gasteiger partial charge in [0, 0.05) is 5.69 Å². The number of aliphatic hydroxyl groups is 1. The van der Waals surface area contributed by atoms with Crippen LogP contribution in [0.5, 0.6) is 11.5 Å². The number of aliphatic hydroxyl groups excluding tert-OH is 1. The molecule has 0 aromatic heterocycles. The minimum absolute atomic E-state index is 0.114. The van der Waals surface area contributed by atoms with Gasteiger partial charge in [0.15, 0.2) is 17.6 Å². The molecule has 23 heavy (non-hydrogen) atoms. The van der Waals surface area contributed by atoms with E-state index < -0.39 is 6.10 Å². The minimum Gasteiger partial charge on any atom is -0.493 e. The summed E-state index contributed by atoms with van der Waals surface area (Å²) in [7, 11) is 1.48. The van der Waals surface area contributed by atoms with Crippen LogP contribution >= 0.6 is 0 Å². The second-order valence-corrected chi connectivity index (χ2v) is 4.90. The number of rotatable bonds is 6. The van der Waals surface area contributed by atoms with Crippen LogP contribution in [-0.4, -0.2) is 24.2 Å². The second kappa shape index (κ2) is 7.60. The van der Waals surface area contributed by atoms with E-state index in [4.69, 9.17) is 14.6 Å². The fraction of sp³-hybridized carbons (Fsp3) is 0.235. The predicted molar refractivity (Wildman–Crippen MR) is 84.0 cm³/mol. The lowest BCUT2D eigenvalue weighted by atomic mass is 10.2. The fourth-order valence-corrected chi connectivity index (χ4v) is 1.93. The molecule has 6 heteroatoms. The number of hydrogen-bond acceptors (Lipinski definition) is 4. The number of carbonyl (C=O) groups is 1. The molecular weight excluding hydrogens is 301 g/mol. The molecular formula is C17H18FNO4. The summed E-state index contributed by atoms with van der Waals surface area (Å²) in [6.07, 6.45) is -0.783. The van der Waals surface area contributed by atoms with Gasteiger partial charge in [-0.25, -0.2) is 4.39 Å². The Labute approximate surface area is 133 Å². The first kappa shape index (κ1) is 16.8. The first-order valence-corrected chi connectivity index (χ1v) is 7.04. The molecule has 1 amide bonds. The lowest BCUT2D eigenvalue weighted by molar-refractivity contribution is -0.122. The van der Waals surface area contributed by atoms with Crippen LogP contribution < -0.4 is 14.8 Å². The summed E-state index contributed by atoms with van der Waals surface area (Å²) in [6.45, 7) is 1.48. The zero-order chi connectivity index (χ0) is 16.8. The van der Waals surface area contributed by atoms with Crippen molar-refractivity contribution in [2.75, 3.05) is 12.4 Å². The molecule has 0 aliphatic carbocycles. The van der Waals surface area contributed by atoms with Crippen LogP contribution in [0.3, 0.4) is 0 Å². The lowest BCUT2D eigenvalue weighted by Crippen LogP contribution is -2.30. The first-order chi connectivity index (χ1) is 11.0. The number of nitrogens with one attached hydrogen (secondary N) is 1. The Morgan fingerprint density at radius 1 is 1.22 bits per heavy atom. The molecule has 0 aliphatic rings. The highest BCUT2D eigenvalue weighted by Gasteiger charge is 2.17. The van der Waals surface area contributed by atoms with E-state index >= 15 is 0 Å². The Balaban J connectivity index is 2.04. The smallest absolute Gasteiger partial charge is 0.265 e. The van der Waals surface area contributed by atoms with Crippen LogP contribution in [0.2, 0.25) is 0 Å². The van der Waals surface area contributed by atoms with Gasteiger partial charge in [-0.1, -0.05) is 6.07 Å². The number of amides is 1. The highest BCUT2D eigenvalue weighted by atomic mass is 19.1. The molecule has 0 aliphatic heterocycles. The normalized spacial score (nSPS) is 11.7. The van der Waals surface area contributed by atoms with Crippen molar-refractivity contribution in [3.05, 3.63) is 53.8 Å². The summed E-state index contributed by atoms with van der Waals surface area (Å²) in [5.41, 5.74) is 1.16. The first-order valence-electron chi connectivity index (χ1n) is 7.04. The third-order valence-corrected chi connectivity index (χ3v) is 3.20. The molecule has 0 bridgehead atoms. The van der Waals surface area contributed by atoms with Crippen LogP contribution in [0.4, 0.5) is 10.1 Å². The molecule has 2 aromatic carbocycles. The van der Waals surface area contributed by atoms with Gasteiger partial charge in [0.2, 0.25) is 0 Å². The number of carbonyl (C=O) groups excluding carboxylic acids is 1. The van der Waals surface area contributed by atoms with Gasteiger partial charge in [-0.15, -0.1) is 0 Å². The zero-order valence-corrected chi connectivity index (χ0v) is 12.9. The third-order valence-electron chi connectivity index (χ3n) is 3.20. The van der Waals surface area contributed by atoms with Gasteiger partial charge in [-0.2, -0.15) is 0 Å². The molecule has 2 N–H and O–H groups in total. The highest BCUT2D eigenvalue weighted by molar-refractivity contribution is 5.94. The molecule has 2 rings (SSSR count). The number of methoxy groups -OCH3 is 1. The molecule has 0 saturated heterocycles. The van der Waals surface area contributed by atoms with Crippen molar-refractivity contribution in [3.63, 3.8) is 0 Å². The average Bonchev–Trinajstić information content (AvgIpc) is 2.57. The van der Waals surface area contributed by atoms with Crippen molar-refractivity contribution < 1.29 is 23.8 Å². The topological polar surface area (TPSA) is 67.8 Å². The molecule has 0 fully saturated rings. The van der Waals surface area contributed by atoms with Crippen LogP contribution in [-0.2, 0) is 11.4 Å². The van der Waals surface area contributed by atoms with E-state index in [0.29, 0.717) is 22.7 Å². The average molecular weight is 319 g/mol. The van der Waals surface area contributed by atoms with Crippen molar-refractivity contribution in [3.8, 4) is 11.5 Å². The van der Waals surface area contributed by atoms with Crippen LogP contribution in [0, 0.1) is 5.82 Å². The van der Waals surface area contributed by atoms with Crippen molar-refractivity contribution in [2.45, 2.75) is 19.6 Å². The predicted octanol–water partition coefficient (Wildman–Crippen LogP) is 2.73. The molecule has 0 saturated carbocycles. The maximum Gasteiger partial charge on any atom is 0.265 e. The number of hydrogen-bond donors (Lipinski definition) is 2. The van der Waals surface area contributed by atoms with Crippen LogP contribution in [0.1, 0.15) is 12.5 Å². The molecule has 122 valence electrons. The molecule has 0 unspecified atom stereocenters. The quantitative estimate of drug-likeness (QED) is 0.859. The lowest BCUT2D eigenvalue weighted by Gasteiger charge is -2.17. The number of halogens is 1. The molecule has 5 nitrogen and oxygen atoms in total. The summed E-state index contributed by atoms with van der Waals surface area (Å²) < 4.78 is 23.6. The zero-order valence-electron chi connectivity index (χ0n) is 12.9. The van der Waals surface area contributed by atoms with E-state index in [1.54, 1.807) is 25.1 Å². The van der Waals surface area contributed by atoms with Gasteiger partial charge in [0.05, 0.1) is 13.7 Å². The van der Waals surface area contributed by atoms with Gasteiger partial charge >= 0.3 is 0 Å². The fourth-order valence-electron chi connectivity index (χ4n) is 1.93.